The number of furan rings is 1. The minimum absolute atomic E-state index is 0.157. The lowest BCUT2D eigenvalue weighted by Gasteiger charge is -2.19. The van der Waals surface area contributed by atoms with Crippen LogP contribution in [0.25, 0.3) is 6.08 Å². The molecule has 2 aromatic rings. The second-order valence-electron chi connectivity index (χ2n) is 5.18. The van der Waals surface area contributed by atoms with Gasteiger partial charge in [-0.2, -0.15) is 8.42 Å². The third-order valence-corrected chi connectivity index (χ3v) is 5.50. The molecule has 0 fully saturated rings. The summed E-state index contributed by atoms with van der Waals surface area (Å²) in [4.78, 5) is 11.8. The van der Waals surface area contributed by atoms with Crippen molar-refractivity contribution in [2.75, 3.05) is 28.7 Å². The maximum Gasteiger partial charge on any atom is 0.326 e. The Morgan fingerprint density at radius 3 is 2.67 bits per heavy atom. The molecule has 7 nitrogen and oxygen atoms in total. The van der Waals surface area contributed by atoms with E-state index < -0.39 is 10.2 Å². The van der Waals surface area contributed by atoms with Gasteiger partial charge in [0.15, 0.2) is 0 Å². The molecule has 1 aromatic heterocycles. The minimum Gasteiger partial charge on any atom is -0.465 e. The molecule has 126 valence electrons. The first kappa shape index (κ1) is 16.1. The summed E-state index contributed by atoms with van der Waals surface area (Å²) in [5.74, 6) is 0.257. The third-order valence-electron chi connectivity index (χ3n) is 3.67. The Labute approximate surface area is 140 Å². The van der Waals surface area contributed by atoms with Crippen LogP contribution in [-0.2, 0) is 15.0 Å². The maximum atomic E-state index is 12.4. The van der Waals surface area contributed by atoms with Crippen molar-refractivity contribution in [2.24, 2.45) is 0 Å². The van der Waals surface area contributed by atoms with E-state index in [2.05, 4.69) is 5.32 Å². The Morgan fingerprint density at radius 2 is 1.96 bits per heavy atom. The second-order valence-corrected chi connectivity index (χ2v) is 7.06. The lowest BCUT2D eigenvalue weighted by molar-refractivity contribution is -0.116. The highest BCUT2D eigenvalue weighted by atomic mass is 32.2. The van der Waals surface area contributed by atoms with Crippen LogP contribution in [0.3, 0.4) is 0 Å². The molecule has 24 heavy (non-hydrogen) atoms. The summed E-state index contributed by atoms with van der Waals surface area (Å²) in [5, 5.41) is 2.66. The van der Waals surface area contributed by atoms with E-state index in [1.807, 2.05) is 0 Å². The van der Waals surface area contributed by atoms with E-state index in [1.54, 1.807) is 42.5 Å². The van der Waals surface area contributed by atoms with E-state index in [-0.39, 0.29) is 19.0 Å². The molecule has 0 unspecified atom stereocenters. The van der Waals surface area contributed by atoms with Crippen LogP contribution in [0, 0.1) is 0 Å². The highest BCUT2D eigenvalue weighted by molar-refractivity contribution is 7.94. The number of para-hydroxylation sites is 2. The Hall–Kier alpha value is -2.74. The molecule has 1 aliphatic heterocycles. The number of hydrogen-bond acceptors (Lipinski definition) is 4. The van der Waals surface area contributed by atoms with E-state index in [9.17, 15) is 13.2 Å². The zero-order chi connectivity index (χ0) is 17.2. The fraction of sp³-hybridized carbons (Fsp3) is 0.188. The van der Waals surface area contributed by atoms with Crippen LogP contribution in [0.1, 0.15) is 5.76 Å². The molecule has 0 aliphatic carbocycles. The molecule has 8 heteroatoms. The predicted octanol–water partition coefficient (Wildman–Crippen LogP) is 1.61. The number of hydrogen-bond donors (Lipinski definition) is 1. The summed E-state index contributed by atoms with van der Waals surface area (Å²) in [6, 6.07) is 10.5. The quantitative estimate of drug-likeness (QED) is 0.833. The van der Waals surface area contributed by atoms with Gasteiger partial charge in [-0.25, -0.2) is 4.31 Å². The van der Waals surface area contributed by atoms with Crippen LogP contribution >= 0.6 is 0 Å². The summed E-state index contributed by atoms with van der Waals surface area (Å²) in [7, 11) is -2.08. The van der Waals surface area contributed by atoms with Gasteiger partial charge in [-0.15, -0.1) is 0 Å². The van der Waals surface area contributed by atoms with E-state index in [1.165, 1.54) is 28.0 Å². The van der Waals surface area contributed by atoms with Crippen molar-refractivity contribution in [3.05, 3.63) is 54.5 Å². The van der Waals surface area contributed by atoms with Crippen molar-refractivity contribution in [3.63, 3.8) is 0 Å². The molecule has 1 N–H and O–H groups in total. The van der Waals surface area contributed by atoms with Crippen LogP contribution in [0.4, 0.5) is 11.4 Å². The van der Waals surface area contributed by atoms with Gasteiger partial charge in [0.05, 0.1) is 24.2 Å². The average molecular weight is 347 g/mol. The van der Waals surface area contributed by atoms with Gasteiger partial charge in [0.1, 0.15) is 5.76 Å². The first-order chi connectivity index (χ1) is 11.5. The van der Waals surface area contributed by atoms with Crippen molar-refractivity contribution in [1.29, 1.82) is 0 Å². The molecule has 1 aliphatic rings. The SMILES string of the molecule is CN1c2ccccc2N(CCNC(=O)C=Cc2ccco2)S1(=O)=O. The van der Waals surface area contributed by atoms with Crippen molar-refractivity contribution in [3.8, 4) is 0 Å². The van der Waals surface area contributed by atoms with E-state index >= 15 is 0 Å². The van der Waals surface area contributed by atoms with Crippen molar-refractivity contribution >= 4 is 33.6 Å². The van der Waals surface area contributed by atoms with Gasteiger partial charge in [0.25, 0.3) is 0 Å². The Bertz CT molecular complexity index is 859. The van der Waals surface area contributed by atoms with Crippen LogP contribution in [-0.4, -0.2) is 34.5 Å². The number of carbonyl (C=O) groups excluding carboxylic acids is 1. The van der Waals surface area contributed by atoms with Crippen molar-refractivity contribution < 1.29 is 17.6 Å². The predicted molar refractivity (Wildman–Crippen MR) is 91.9 cm³/mol. The van der Waals surface area contributed by atoms with Crippen LogP contribution in [0.2, 0.25) is 0 Å². The lowest BCUT2D eigenvalue weighted by Crippen LogP contribution is -2.40. The number of rotatable bonds is 5. The van der Waals surface area contributed by atoms with Crippen LogP contribution in [0.5, 0.6) is 0 Å². The average Bonchev–Trinajstić information content (AvgIpc) is 3.15. The molecule has 1 amide bonds. The Kier molecular flexibility index (Phi) is 4.30. The smallest absolute Gasteiger partial charge is 0.326 e. The van der Waals surface area contributed by atoms with Gasteiger partial charge >= 0.3 is 10.2 Å². The monoisotopic (exact) mass is 347 g/mol. The van der Waals surface area contributed by atoms with Gasteiger partial charge in [0, 0.05) is 19.7 Å². The van der Waals surface area contributed by atoms with Crippen LogP contribution < -0.4 is 13.9 Å². The molecular formula is C16H17N3O4S. The number of fused-ring (bicyclic) bond motifs is 1. The zero-order valence-electron chi connectivity index (χ0n) is 13.0. The minimum atomic E-state index is -3.59. The summed E-state index contributed by atoms with van der Waals surface area (Å²) in [5.41, 5.74) is 1.24. The first-order valence-electron chi connectivity index (χ1n) is 7.35. The summed E-state index contributed by atoms with van der Waals surface area (Å²) < 4.78 is 32.5. The largest absolute Gasteiger partial charge is 0.465 e. The summed E-state index contributed by atoms with van der Waals surface area (Å²) in [6.45, 7) is 0.354. The highest BCUT2D eigenvalue weighted by Crippen LogP contribution is 2.38. The maximum absolute atomic E-state index is 12.4. The van der Waals surface area contributed by atoms with Gasteiger partial charge in [-0.1, -0.05) is 12.1 Å². The standard InChI is InChI=1S/C16H17N3O4S/c1-18-14-6-2-3-7-15(14)19(24(18,21)22)11-10-17-16(20)9-8-13-5-4-12-23-13/h2-9,12H,10-11H2,1H3,(H,17,20). The number of nitrogens with zero attached hydrogens (tertiary/aromatic N) is 2. The summed E-state index contributed by atoms with van der Waals surface area (Å²) >= 11 is 0. The van der Waals surface area contributed by atoms with Gasteiger partial charge < -0.3 is 9.73 Å². The molecule has 2 heterocycles. The zero-order valence-corrected chi connectivity index (χ0v) is 13.9. The first-order valence-corrected chi connectivity index (χ1v) is 8.75. The molecule has 0 spiro atoms. The van der Waals surface area contributed by atoms with Crippen LogP contribution in [0.15, 0.2) is 53.2 Å². The number of anilines is 2. The Balaban J connectivity index is 1.61. The molecule has 0 radical (unpaired) electrons. The van der Waals surface area contributed by atoms with Gasteiger partial charge in [-0.05, 0) is 30.3 Å². The molecule has 0 bridgehead atoms. The molecule has 0 atom stereocenters. The van der Waals surface area contributed by atoms with E-state index in [0.717, 1.165) is 0 Å². The topological polar surface area (TPSA) is 82.9 Å². The fourth-order valence-corrected chi connectivity index (χ4v) is 3.88. The van der Waals surface area contributed by atoms with Gasteiger partial charge in [0.2, 0.25) is 5.91 Å². The van der Waals surface area contributed by atoms with Crippen molar-refractivity contribution in [1.82, 2.24) is 5.32 Å². The van der Waals surface area contributed by atoms with E-state index in [4.69, 9.17) is 4.42 Å². The second kappa shape index (κ2) is 6.40. The number of benzene rings is 1. The number of nitrogens with one attached hydrogen (secondary N) is 1. The normalized spacial score (nSPS) is 15.7. The molecule has 3 rings (SSSR count). The summed E-state index contributed by atoms with van der Waals surface area (Å²) in [6.07, 6.45) is 4.41. The molecule has 0 saturated carbocycles. The van der Waals surface area contributed by atoms with Gasteiger partial charge in [-0.3, -0.25) is 9.10 Å². The number of carbonyl (C=O) groups is 1. The van der Waals surface area contributed by atoms with E-state index in [0.29, 0.717) is 17.1 Å². The Morgan fingerprint density at radius 1 is 1.21 bits per heavy atom. The fourth-order valence-electron chi connectivity index (χ4n) is 2.46. The molecule has 0 saturated heterocycles. The van der Waals surface area contributed by atoms with Crippen molar-refractivity contribution in [2.45, 2.75) is 0 Å². The third kappa shape index (κ3) is 3.00. The molecule has 1 aromatic carbocycles. The number of amides is 1. The molecular weight excluding hydrogens is 330 g/mol. The lowest BCUT2D eigenvalue weighted by atomic mass is 10.2. The highest BCUT2D eigenvalue weighted by Gasteiger charge is 2.37.